The fraction of sp³-hybridized carbons (Fsp3) is 0.130. The van der Waals surface area contributed by atoms with Crippen molar-refractivity contribution in [2.75, 3.05) is 0 Å². The van der Waals surface area contributed by atoms with E-state index in [4.69, 9.17) is 5.73 Å². The summed E-state index contributed by atoms with van der Waals surface area (Å²) in [4.78, 5) is 0. The van der Waals surface area contributed by atoms with E-state index in [0.717, 1.165) is 0 Å². The third-order valence-corrected chi connectivity index (χ3v) is 1.89. The molecule has 0 amide bonds. The Morgan fingerprint density at radius 3 is 1.32 bits per heavy atom. The standard InChI is InChI=1S/C23H11NO/c1-3-4-5-6-7-8-9-10-11-12-13-14-15-16-17-18-19-20-21-23(25)22(2)24/h21-23,25H,1,24H2,2H3/t22-,23-/m0/s1. The van der Waals surface area contributed by atoms with Crippen LogP contribution in [0.2, 0.25) is 0 Å². The van der Waals surface area contributed by atoms with Gasteiger partial charge in [-0.05, 0) is 111 Å². The fourth-order valence-corrected chi connectivity index (χ4v) is 0.797. The highest BCUT2D eigenvalue weighted by molar-refractivity contribution is 4.95. The van der Waals surface area contributed by atoms with Gasteiger partial charge in [-0.1, -0.05) is 11.5 Å². The van der Waals surface area contributed by atoms with Crippen molar-refractivity contribution < 1.29 is 5.11 Å². The van der Waals surface area contributed by atoms with Crippen molar-refractivity contribution in [3.63, 3.8) is 0 Å². The lowest BCUT2D eigenvalue weighted by atomic mass is 10.2. The van der Waals surface area contributed by atoms with E-state index >= 15 is 0 Å². The van der Waals surface area contributed by atoms with E-state index in [1.807, 2.05) is 0 Å². The van der Waals surface area contributed by atoms with Gasteiger partial charge in [0.2, 0.25) is 0 Å². The Labute approximate surface area is 146 Å². The van der Waals surface area contributed by atoms with Gasteiger partial charge in [-0.25, -0.2) is 0 Å². The summed E-state index contributed by atoms with van der Waals surface area (Å²) in [6.07, 6.45) is 0.594. The van der Waals surface area contributed by atoms with Gasteiger partial charge < -0.3 is 10.8 Å². The van der Waals surface area contributed by atoms with E-state index in [2.05, 4.69) is 110 Å². The molecule has 2 heteroatoms. The first-order valence-corrected chi connectivity index (χ1v) is 6.73. The summed E-state index contributed by atoms with van der Waals surface area (Å²) < 4.78 is 0. The number of hydrogen-bond donors (Lipinski definition) is 2. The van der Waals surface area contributed by atoms with Crippen LogP contribution >= 0.6 is 0 Å². The molecule has 25 heavy (non-hydrogen) atoms. The van der Waals surface area contributed by atoms with E-state index in [-0.39, 0.29) is 6.04 Å². The third kappa shape index (κ3) is 15.9. The second kappa shape index (κ2) is 16.1. The molecule has 0 unspecified atom stereocenters. The Morgan fingerprint density at radius 1 is 0.680 bits per heavy atom. The Bertz CT molecular complexity index is 1180. The zero-order chi connectivity index (χ0) is 18.6. The maximum atomic E-state index is 9.34. The summed E-state index contributed by atoms with van der Waals surface area (Å²) in [5, 5.41) is 9.34. The van der Waals surface area contributed by atoms with E-state index in [0.29, 0.717) is 0 Å². The quantitative estimate of drug-likeness (QED) is 0.769. The normalized spacial score (nSPS) is 7.96. The zero-order valence-corrected chi connectivity index (χ0v) is 13.5. The summed E-state index contributed by atoms with van der Waals surface area (Å²) in [6, 6.07) is -0.373. The molecule has 114 valence electrons. The maximum absolute atomic E-state index is 9.34. The Kier molecular flexibility index (Phi) is 13.3. The Morgan fingerprint density at radius 2 is 1.00 bits per heavy atom. The molecule has 0 aromatic heterocycles. The lowest BCUT2D eigenvalue weighted by Crippen LogP contribution is -2.29. The zero-order valence-electron chi connectivity index (χ0n) is 13.5. The molecule has 0 aliphatic heterocycles. The molecule has 0 saturated carbocycles. The summed E-state index contributed by atoms with van der Waals surface area (Å²) in [5.41, 5.74) is 50.1. The lowest BCUT2D eigenvalue weighted by molar-refractivity contribution is 0.198. The van der Waals surface area contributed by atoms with Crippen LogP contribution in [0, 0.1) is 0 Å². The van der Waals surface area contributed by atoms with Crippen LogP contribution in [0.5, 0.6) is 0 Å². The van der Waals surface area contributed by atoms with Gasteiger partial charge in [-0.2, -0.15) is 0 Å². The summed E-state index contributed by atoms with van der Waals surface area (Å²) in [7, 11) is 0. The largest absolute Gasteiger partial charge is 0.387 e. The predicted molar refractivity (Wildman–Crippen MR) is 93.1 cm³/mol. The highest BCUT2D eigenvalue weighted by Gasteiger charge is 2.02. The minimum atomic E-state index is -0.778. The maximum Gasteiger partial charge on any atom is 0.0949 e. The van der Waals surface area contributed by atoms with Crippen LogP contribution in [0.15, 0.2) is 116 Å². The molecule has 0 heterocycles. The third-order valence-electron chi connectivity index (χ3n) is 1.89. The number of rotatable bonds is 2. The molecule has 0 fully saturated rings. The van der Waals surface area contributed by atoms with E-state index in [1.54, 1.807) is 6.92 Å². The molecule has 0 rings (SSSR count). The molecule has 0 radical (unpaired) electrons. The fourth-order valence-electron chi connectivity index (χ4n) is 0.797. The molecule has 0 aliphatic rings. The SMILES string of the molecule is C=C=C=C=C=C=C=C=C=C=C=C=C=C=C=C=C=C=C=C[C@H](O)[C@H](C)N. The minimum absolute atomic E-state index is 0.373. The number of hydrogen-bond acceptors (Lipinski definition) is 2. The average molecular weight is 317 g/mol. The van der Waals surface area contributed by atoms with E-state index < -0.39 is 6.10 Å². The van der Waals surface area contributed by atoms with Crippen molar-refractivity contribution in [3.05, 3.63) is 116 Å². The van der Waals surface area contributed by atoms with Crippen LogP contribution in [0.3, 0.4) is 0 Å². The van der Waals surface area contributed by atoms with E-state index in [9.17, 15) is 5.11 Å². The molecule has 0 aliphatic carbocycles. The monoisotopic (exact) mass is 317 g/mol. The average Bonchev–Trinajstić information content (AvgIpc) is 2.60. The van der Waals surface area contributed by atoms with E-state index in [1.165, 1.54) is 6.08 Å². The van der Waals surface area contributed by atoms with Crippen LogP contribution in [0.1, 0.15) is 6.92 Å². The highest BCUT2D eigenvalue weighted by atomic mass is 16.3. The predicted octanol–water partition coefficient (Wildman–Crippen LogP) is 2.67. The first kappa shape index (κ1) is 20.7. The molecule has 2 atom stereocenters. The molecule has 0 saturated heterocycles. The Balaban J connectivity index is 5.61. The van der Waals surface area contributed by atoms with Crippen molar-refractivity contribution >= 4 is 0 Å². The number of aliphatic hydroxyl groups is 1. The second-order valence-corrected chi connectivity index (χ2v) is 3.84. The van der Waals surface area contributed by atoms with Gasteiger partial charge in [-0.15, -0.1) is 0 Å². The Hall–Kier alpha value is -4.30. The van der Waals surface area contributed by atoms with Gasteiger partial charge in [-0.3, -0.25) is 0 Å². The van der Waals surface area contributed by atoms with Crippen molar-refractivity contribution in [1.82, 2.24) is 0 Å². The van der Waals surface area contributed by atoms with Crippen molar-refractivity contribution in [2.24, 2.45) is 5.73 Å². The topological polar surface area (TPSA) is 46.2 Å². The van der Waals surface area contributed by atoms with Gasteiger partial charge in [0, 0.05) is 6.04 Å². The molecular formula is C23H11NO. The smallest absolute Gasteiger partial charge is 0.0949 e. The first-order valence-electron chi connectivity index (χ1n) is 6.73. The molecular weight excluding hydrogens is 306 g/mol. The van der Waals surface area contributed by atoms with Crippen molar-refractivity contribution in [1.29, 1.82) is 0 Å². The molecule has 2 nitrogen and oxygen atoms in total. The summed E-state index contributed by atoms with van der Waals surface area (Å²) >= 11 is 0. The highest BCUT2D eigenvalue weighted by Crippen LogP contribution is 1.88. The number of nitrogens with two attached hydrogens (primary N) is 1. The van der Waals surface area contributed by atoms with Crippen LogP contribution in [0.4, 0.5) is 0 Å². The second-order valence-electron chi connectivity index (χ2n) is 3.84. The van der Waals surface area contributed by atoms with Gasteiger partial charge >= 0.3 is 0 Å². The summed E-state index contributed by atoms with van der Waals surface area (Å²) in [5.74, 6) is 0. The van der Waals surface area contributed by atoms with Crippen LogP contribution in [-0.2, 0) is 0 Å². The molecule has 0 bridgehead atoms. The van der Waals surface area contributed by atoms with Gasteiger partial charge in [0.1, 0.15) is 0 Å². The molecule has 3 N–H and O–H groups in total. The van der Waals surface area contributed by atoms with Crippen LogP contribution in [0.25, 0.3) is 0 Å². The first-order chi connectivity index (χ1) is 12.2. The van der Waals surface area contributed by atoms with Gasteiger partial charge in [0.15, 0.2) is 0 Å². The molecule has 0 spiro atoms. The lowest BCUT2D eigenvalue weighted by Gasteiger charge is -2.06. The number of aliphatic hydroxyl groups excluding tert-OH is 1. The van der Waals surface area contributed by atoms with Crippen LogP contribution < -0.4 is 5.73 Å². The minimum Gasteiger partial charge on any atom is -0.387 e. The van der Waals surface area contributed by atoms with Gasteiger partial charge in [0.05, 0.1) is 6.10 Å². The summed E-state index contributed by atoms with van der Waals surface area (Å²) in [6.45, 7) is 4.98. The van der Waals surface area contributed by atoms with Gasteiger partial charge in [0.25, 0.3) is 0 Å². The van der Waals surface area contributed by atoms with Crippen molar-refractivity contribution in [3.8, 4) is 0 Å². The molecule has 0 aromatic carbocycles. The van der Waals surface area contributed by atoms with Crippen LogP contribution in [-0.4, -0.2) is 17.3 Å². The van der Waals surface area contributed by atoms with Crippen molar-refractivity contribution in [2.45, 2.75) is 19.1 Å². The molecule has 0 aromatic rings.